The average Bonchev–Trinajstić information content (AvgIpc) is 2.80. The van der Waals surface area contributed by atoms with E-state index in [9.17, 15) is 4.79 Å². The highest BCUT2D eigenvalue weighted by molar-refractivity contribution is 5.78. The summed E-state index contributed by atoms with van der Waals surface area (Å²) in [6.45, 7) is 12.8. The fourth-order valence-electron chi connectivity index (χ4n) is 5.18. The molecule has 31 heavy (non-hydrogen) atoms. The zero-order valence-corrected chi connectivity index (χ0v) is 19.4. The lowest BCUT2D eigenvalue weighted by Gasteiger charge is -2.39. The van der Waals surface area contributed by atoms with Crippen molar-refractivity contribution in [2.45, 2.75) is 52.6 Å². The van der Waals surface area contributed by atoms with E-state index in [0.717, 1.165) is 45.7 Å². The van der Waals surface area contributed by atoms with Gasteiger partial charge in [-0.15, -0.1) is 0 Å². The largest absolute Gasteiger partial charge is 0.339 e. The van der Waals surface area contributed by atoms with Crippen molar-refractivity contribution >= 4 is 5.91 Å². The molecule has 0 N–H and O–H groups in total. The molecule has 2 aliphatic heterocycles. The molecule has 2 heterocycles. The average molecular weight is 420 g/mol. The van der Waals surface area contributed by atoms with Crippen molar-refractivity contribution in [3.8, 4) is 11.1 Å². The van der Waals surface area contributed by atoms with E-state index < -0.39 is 0 Å². The van der Waals surface area contributed by atoms with Gasteiger partial charge in [-0.3, -0.25) is 14.6 Å². The Morgan fingerprint density at radius 3 is 2.35 bits per heavy atom. The van der Waals surface area contributed by atoms with E-state index in [1.165, 1.54) is 40.7 Å². The van der Waals surface area contributed by atoms with Crippen molar-refractivity contribution in [3.05, 3.63) is 59.2 Å². The summed E-state index contributed by atoms with van der Waals surface area (Å²) < 4.78 is 0. The molecule has 1 fully saturated rings. The van der Waals surface area contributed by atoms with Crippen LogP contribution in [0.4, 0.5) is 0 Å². The number of piperazine rings is 1. The van der Waals surface area contributed by atoms with Gasteiger partial charge in [-0.25, -0.2) is 0 Å². The van der Waals surface area contributed by atoms with Crippen molar-refractivity contribution in [1.82, 2.24) is 14.7 Å². The van der Waals surface area contributed by atoms with Crippen LogP contribution in [0.3, 0.4) is 0 Å². The third-order valence-electron chi connectivity index (χ3n) is 7.13. The highest BCUT2D eigenvalue weighted by atomic mass is 16.2. The molecule has 0 saturated carbocycles. The number of benzene rings is 2. The minimum atomic E-state index is 0.295. The van der Waals surface area contributed by atoms with Crippen LogP contribution in [0, 0.1) is 6.92 Å². The Hall–Kier alpha value is -2.17. The van der Waals surface area contributed by atoms with Crippen molar-refractivity contribution in [3.63, 3.8) is 0 Å². The van der Waals surface area contributed by atoms with Gasteiger partial charge in [0.05, 0.1) is 6.54 Å². The van der Waals surface area contributed by atoms with E-state index in [0.29, 0.717) is 18.5 Å². The van der Waals surface area contributed by atoms with Crippen LogP contribution in [-0.4, -0.2) is 65.9 Å². The summed E-state index contributed by atoms with van der Waals surface area (Å²) in [6, 6.07) is 16.2. The molecule has 1 saturated heterocycles. The first-order chi connectivity index (χ1) is 15.1. The zero-order chi connectivity index (χ0) is 21.8. The Balaban J connectivity index is 1.33. The van der Waals surface area contributed by atoms with E-state index >= 15 is 0 Å². The molecule has 0 aliphatic carbocycles. The van der Waals surface area contributed by atoms with Gasteiger partial charge >= 0.3 is 0 Å². The third kappa shape index (κ3) is 5.19. The molecule has 0 spiro atoms. The van der Waals surface area contributed by atoms with Crippen LogP contribution in [0.2, 0.25) is 0 Å². The Morgan fingerprint density at radius 2 is 1.65 bits per heavy atom. The number of rotatable bonds is 6. The van der Waals surface area contributed by atoms with Gasteiger partial charge in [0.1, 0.15) is 0 Å². The van der Waals surface area contributed by atoms with Crippen molar-refractivity contribution in [2.75, 3.05) is 39.3 Å². The minimum Gasteiger partial charge on any atom is -0.339 e. The Bertz CT molecular complexity index is 897. The number of aryl methyl sites for hydroxylation is 1. The smallest absolute Gasteiger partial charge is 0.236 e. The van der Waals surface area contributed by atoms with Gasteiger partial charge in [0.15, 0.2) is 0 Å². The number of carbonyl (C=O) groups excluding carboxylic acids is 1. The maximum Gasteiger partial charge on any atom is 0.236 e. The zero-order valence-electron chi connectivity index (χ0n) is 19.4. The highest BCUT2D eigenvalue weighted by Gasteiger charge is 2.26. The summed E-state index contributed by atoms with van der Waals surface area (Å²) in [4.78, 5) is 19.9. The summed E-state index contributed by atoms with van der Waals surface area (Å²) in [6.07, 6.45) is 3.41. The molecule has 2 aromatic rings. The summed E-state index contributed by atoms with van der Waals surface area (Å²) in [5, 5.41) is 0. The molecule has 4 nitrogen and oxygen atoms in total. The molecule has 166 valence electrons. The van der Waals surface area contributed by atoms with Crippen molar-refractivity contribution in [1.29, 1.82) is 0 Å². The van der Waals surface area contributed by atoms with Gasteiger partial charge in [0.25, 0.3) is 0 Å². The predicted octanol–water partition coefficient (Wildman–Crippen LogP) is 4.35. The molecule has 1 amide bonds. The first-order valence-corrected chi connectivity index (χ1v) is 12.0. The lowest BCUT2D eigenvalue weighted by atomic mass is 9.94. The molecule has 0 unspecified atom stereocenters. The second-order valence-electron chi connectivity index (χ2n) is 9.20. The lowest BCUT2D eigenvalue weighted by Crippen LogP contribution is -2.53. The number of amides is 1. The van der Waals surface area contributed by atoms with Crippen molar-refractivity contribution in [2.24, 2.45) is 0 Å². The summed E-state index contributed by atoms with van der Waals surface area (Å²) in [5.74, 6) is 0.295. The van der Waals surface area contributed by atoms with Crippen LogP contribution in [0.5, 0.6) is 0 Å². The molecule has 0 radical (unpaired) electrons. The van der Waals surface area contributed by atoms with Gasteiger partial charge < -0.3 is 4.90 Å². The number of nitrogens with zero attached hydrogens (tertiary/aromatic N) is 3. The van der Waals surface area contributed by atoms with E-state index in [1.807, 2.05) is 0 Å². The fourth-order valence-corrected chi connectivity index (χ4v) is 5.18. The first kappa shape index (κ1) is 22.0. The molecule has 0 bridgehead atoms. The monoisotopic (exact) mass is 419 g/mol. The summed E-state index contributed by atoms with van der Waals surface area (Å²) >= 11 is 0. The number of hydrogen-bond acceptors (Lipinski definition) is 3. The molecular weight excluding hydrogens is 382 g/mol. The lowest BCUT2D eigenvalue weighted by molar-refractivity contribution is -0.134. The second kappa shape index (κ2) is 9.97. The van der Waals surface area contributed by atoms with Crippen molar-refractivity contribution < 1.29 is 4.79 Å². The highest BCUT2D eigenvalue weighted by Crippen LogP contribution is 2.27. The Kier molecular flexibility index (Phi) is 7.09. The van der Waals surface area contributed by atoms with E-state index in [4.69, 9.17) is 0 Å². The number of hydrogen-bond donors (Lipinski definition) is 0. The molecule has 4 heteroatoms. The quantitative estimate of drug-likeness (QED) is 0.696. The van der Waals surface area contributed by atoms with Crippen LogP contribution >= 0.6 is 0 Å². The van der Waals surface area contributed by atoms with Gasteiger partial charge in [-0.1, -0.05) is 61.9 Å². The molecule has 0 atom stereocenters. The predicted molar refractivity (Wildman–Crippen MR) is 128 cm³/mol. The van der Waals surface area contributed by atoms with Crippen LogP contribution in [0.1, 0.15) is 43.4 Å². The summed E-state index contributed by atoms with van der Waals surface area (Å²) in [5.41, 5.74) is 6.67. The van der Waals surface area contributed by atoms with Crippen LogP contribution in [-0.2, 0) is 17.8 Å². The Labute approximate surface area is 187 Å². The number of fused-ring (bicyclic) bond motifs is 1. The third-order valence-corrected chi connectivity index (χ3v) is 7.13. The second-order valence-corrected chi connectivity index (χ2v) is 9.20. The minimum absolute atomic E-state index is 0.295. The topological polar surface area (TPSA) is 26.8 Å². The SMILES string of the molecule is CCC(CC)N1CCN(C(=O)CN2CCc3cc(-c4cccc(C)c4)ccc3C2)CC1. The van der Waals surface area contributed by atoms with Gasteiger partial charge in [-0.05, 0) is 48.4 Å². The molecule has 0 aromatic heterocycles. The molecular formula is C27H37N3O. The first-order valence-electron chi connectivity index (χ1n) is 12.0. The normalized spacial score (nSPS) is 17.7. The molecule has 4 rings (SSSR count). The summed E-state index contributed by atoms with van der Waals surface area (Å²) in [7, 11) is 0. The van der Waals surface area contributed by atoms with E-state index in [2.05, 4.69) is 77.9 Å². The van der Waals surface area contributed by atoms with Crippen LogP contribution in [0.25, 0.3) is 11.1 Å². The van der Waals surface area contributed by atoms with Gasteiger partial charge in [0.2, 0.25) is 5.91 Å². The fraction of sp³-hybridized carbons (Fsp3) is 0.519. The van der Waals surface area contributed by atoms with E-state index in [-0.39, 0.29) is 0 Å². The maximum atomic E-state index is 12.9. The van der Waals surface area contributed by atoms with Gasteiger partial charge in [-0.2, -0.15) is 0 Å². The Morgan fingerprint density at radius 1 is 0.903 bits per heavy atom. The van der Waals surface area contributed by atoms with Crippen LogP contribution < -0.4 is 0 Å². The van der Waals surface area contributed by atoms with Gasteiger partial charge in [0, 0.05) is 45.3 Å². The maximum absolute atomic E-state index is 12.9. The van der Waals surface area contributed by atoms with E-state index in [1.54, 1.807) is 0 Å². The molecule has 2 aliphatic rings. The van der Waals surface area contributed by atoms with Crippen LogP contribution in [0.15, 0.2) is 42.5 Å². The number of carbonyl (C=O) groups is 1. The molecule has 2 aromatic carbocycles. The standard InChI is InChI=1S/C27H37N3O/c1-4-26(5-2)29-13-15-30(16-14-29)27(31)20-28-12-11-24-18-23(9-10-25(24)19-28)22-8-6-7-21(3)17-22/h6-10,17-18,26H,4-5,11-16,19-20H2,1-3H3.